The van der Waals surface area contributed by atoms with Crippen LogP contribution in [0.1, 0.15) is 28.4 Å². The van der Waals surface area contributed by atoms with Crippen molar-refractivity contribution in [2.75, 3.05) is 0 Å². The Kier molecular flexibility index (Phi) is 6.79. The van der Waals surface area contributed by atoms with Crippen LogP contribution in [0.3, 0.4) is 0 Å². The number of aromatic nitrogens is 1. The fourth-order valence-corrected chi connectivity index (χ4v) is 4.34. The molecule has 6 heteroatoms. The van der Waals surface area contributed by atoms with Crippen molar-refractivity contribution in [2.24, 2.45) is 0 Å². The summed E-state index contributed by atoms with van der Waals surface area (Å²) in [5.74, 6) is -0.461. The second-order valence-corrected chi connectivity index (χ2v) is 9.06. The van der Waals surface area contributed by atoms with Crippen LogP contribution in [0.25, 0.3) is 5.57 Å². The number of nitrogens with zero attached hydrogens (tertiary/aromatic N) is 1. The topological polar surface area (TPSA) is 81.2 Å². The molecule has 0 fully saturated rings. The highest BCUT2D eigenvalue weighted by Crippen LogP contribution is 2.25. The van der Waals surface area contributed by atoms with Crippen molar-refractivity contribution >= 4 is 27.0 Å². The number of allylic oxidation sites excluding steroid dienone is 2. The van der Waals surface area contributed by atoms with Crippen molar-refractivity contribution in [3.05, 3.63) is 114 Å². The van der Waals surface area contributed by atoms with E-state index in [0.29, 0.717) is 23.1 Å². The van der Waals surface area contributed by atoms with Gasteiger partial charge in [0.25, 0.3) is 0 Å². The Hall–Kier alpha value is -3.86. The molecule has 0 saturated heterocycles. The molecule has 0 unspecified atom stereocenters. The number of ketones is 2. The number of benzene rings is 2. The van der Waals surface area contributed by atoms with E-state index < -0.39 is 9.84 Å². The predicted molar refractivity (Wildman–Crippen MR) is 123 cm³/mol. The van der Waals surface area contributed by atoms with Gasteiger partial charge in [-0.2, -0.15) is 0 Å². The lowest BCUT2D eigenvalue weighted by Gasteiger charge is -2.10. The van der Waals surface area contributed by atoms with Crippen molar-refractivity contribution < 1.29 is 18.0 Å². The minimum atomic E-state index is -3.77. The molecule has 0 atom stereocenters. The lowest BCUT2D eigenvalue weighted by atomic mass is 9.95. The van der Waals surface area contributed by atoms with E-state index in [4.69, 9.17) is 0 Å². The molecule has 0 spiro atoms. The molecule has 0 aliphatic rings. The summed E-state index contributed by atoms with van der Waals surface area (Å²) < 4.78 is 25.8. The van der Waals surface area contributed by atoms with Gasteiger partial charge in [-0.15, -0.1) is 5.73 Å². The summed E-state index contributed by atoms with van der Waals surface area (Å²) in [6, 6.07) is 15.4. The minimum absolute atomic E-state index is 0.0759. The number of hydrogen-bond donors (Lipinski definition) is 0. The Bertz CT molecular complexity index is 1330. The predicted octanol–water partition coefficient (Wildman–Crippen LogP) is 4.65. The third kappa shape index (κ3) is 4.89. The molecule has 3 rings (SSSR count). The van der Waals surface area contributed by atoms with Gasteiger partial charge in [-0.1, -0.05) is 43.5 Å². The largest absolute Gasteiger partial charge is 0.295 e. The SMILES string of the molecule is C=C=C(Cc1cccnc1)C(=O)C(=C)c1ccc(S(=O)(=O)c2ccc(C(C)=O)cc2)cc1. The standard InChI is InChI=1S/C26H21NO4S/c1-4-21(16-20-6-5-15-27-17-20)26(29)18(2)22-7-11-24(12-8-22)32(30,31)25-13-9-23(10-14-25)19(3)28/h5-15,17H,1-2,16H2,3H3. The van der Waals surface area contributed by atoms with Crippen LogP contribution < -0.4 is 0 Å². The summed E-state index contributed by atoms with van der Waals surface area (Å²) in [4.78, 5) is 28.5. The van der Waals surface area contributed by atoms with Crippen molar-refractivity contribution in [3.8, 4) is 0 Å². The zero-order valence-electron chi connectivity index (χ0n) is 17.5. The van der Waals surface area contributed by atoms with Gasteiger partial charge in [-0.25, -0.2) is 8.42 Å². The van der Waals surface area contributed by atoms with E-state index in [0.717, 1.165) is 5.56 Å². The number of sulfone groups is 1. The summed E-state index contributed by atoms with van der Waals surface area (Å²) in [5.41, 5.74) is 5.03. The Morgan fingerprint density at radius 3 is 1.97 bits per heavy atom. The van der Waals surface area contributed by atoms with Crippen molar-refractivity contribution in [3.63, 3.8) is 0 Å². The second kappa shape index (κ2) is 9.52. The Morgan fingerprint density at radius 2 is 1.50 bits per heavy atom. The number of pyridine rings is 1. The Balaban J connectivity index is 1.81. The van der Waals surface area contributed by atoms with Crippen molar-refractivity contribution in [1.29, 1.82) is 0 Å². The van der Waals surface area contributed by atoms with Gasteiger partial charge < -0.3 is 0 Å². The van der Waals surface area contributed by atoms with E-state index >= 15 is 0 Å². The van der Waals surface area contributed by atoms with Crippen LogP contribution in [0.2, 0.25) is 0 Å². The summed E-state index contributed by atoms with van der Waals surface area (Å²) in [5, 5.41) is 0. The summed E-state index contributed by atoms with van der Waals surface area (Å²) in [6.07, 6.45) is 3.63. The average Bonchev–Trinajstić information content (AvgIpc) is 2.82. The maximum absolute atomic E-state index is 12.9. The maximum Gasteiger partial charge on any atom is 0.206 e. The highest BCUT2D eigenvalue weighted by atomic mass is 32.2. The normalized spacial score (nSPS) is 10.8. The molecule has 1 aromatic heterocycles. The fourth-order valence-electron chi connectivity index (χ4n) is 3.08. The first-order chi connectivity index (χ1) is 15.2. The highest BCUT2D eigenvalue weighted by Gasteiger charge is 2.20. The van der Waals surface area contributed by atoms with Crippen LogP contribution in [0.15, 0.2) is 107 Å². The molecular weight excluding hydrogens is 422 g/mol. The Labute approximate surface area is 187 Å². The summed E-state index contributed by atoms with van der Waals surface area (Å²) in [7, 11) is -3.77. The number of rotatable bonds is 8. The van der Waals surface area contributed by atoms with Crippen LogP contribution in [-0.2, 0) is 21.1 Å². The van der Waals surface area contributed by atoms with Gasteiger partial charge in [0.1, 0.15) is 0 Å². The molecule has 32 heavy (non-hydrogen) atoms. The van der Waals surface area contributed by atoms with E-state index in [-0.39, 0.29) is 26.9 Å². The molecule has 0 saturated carbocycles. The molecule has 2 aromatic carbocycles. The molecule has 0 aliphatic heterocycles. The van der Waals surface area contributed by atoms with Gasteiger partial charge >= 0.3 is 0 Å². The molecule has 0 aliphatic carbocycles. The molecule has 1 heterocycles. The lowest BCUT2D eigenvalue weighted by Crippen LogP contribution is -2.08. The van der Waals surface area contributed by atoms with Gasteiger partial charge in [0.15, 0.2) is 11.6 Å². The van der Waals surface area contributed by atoms with E-state index in [9.17, 15) is 18.0 Å². The van der Waals surface area contributed by atoms with E-state index in [1.54, 1.807) is 30.6 Å². The molecule has 0 radical (unpaired) electrons. The molecule has 0 bridgehead atoms. The first kappa shape index (κ1) is 22.8. The molecule has 5 nitrogen and oxygen atoms in total. The second-order valence-electron chi connectivity index (χ2n) is 7.11. The minimum Gasteiger partial charge on any atom is -0.295 e. The highest BCUT2D eigenvalue weighted by molar-refractivity contribution is 7.91. The molecular formula is C26H21NO4S. The molecule has 160 valence electrons. The van der Waals surface area contributed by atoms with Gasteiger partial charge in [-0.05, 0) is 48.4 Å². The quantitative estimate of drug-likeness (QED) is 0.287. The summed E-state index contributed by atoms with van der Waals surface area (Å²) >= 11 is 0. The monoisotopic (exact) mass is 443 g/mol. The van der Waals surface area contributed by atoms with Gasteiger partial charge in [-0.3, -0.25) is 14.6 Å². The Morgan fingerprint density at radius 1 is 0.938 bits per heavy atom. The number of hydrogen-bond acceptors (Lipinski definition) is 5. The third-order valence-electron chi connectivity index (χ3n) is 4.95. The smallest absolute Gasteiger partial charge is 0.206 e. The average molecular weight is 444 g/mol. The number of carbonyl (C=O) groups excluding carboxylic acids is 2. The zero-order chi connectivity index (χ0) is 23.3. The lowest BCUT2D eigenvalue weighted by molar-refractivity contribution is -0.110. The first-order valence-corrected chi connectivity index (χ1v) is 11.2. The van der Waals surface area contributed by atoms with Gasteiger partial charge in [0, 0.05) is 35.5 Å². The van der Waals surface area contributed by atoms with Crippen LogP contribution in [0.4, 0.5) is 0 Å². The molecule has 3 aromatic rings. The van der Waals surface area contributed by atoms with Crippen molar-refractivity contribution in [2.45, 2.75) is 23.1 Å². The van der Waals surface area contributed by atoms with E-state index in [2.05, 4.69) is 23.9 Å². The molecule has 0 N–H and O–H groups in total. The maximum atomic E-state index is 12.9. The van der Waals surface area contributed by atoms with E-state index in [1.807, 2.05) is 6.07 Å². The van der Waals surface area contributed by atoms with Crippen LogP contribution >= 0.6 is 0 Å². The van der Waals surface area contributed by atoms with Crippen LogP contribution in [-0.4, -0.2) is 25.0 Å². The number of Topliss-reactive ketones (excluding diaryl/α,β-unsaturated/α-hetero) is 2. The third-order valence-corrected chi connectivity index (χ3v) is 6.74. The fraction of sp³-hybridized carbons (Fsp3) is 0.0769. The summed E-state index contributed by atoms with van der Waals surface area (Å²) in [6.45, 7) is 8.90. The van der Waals surface area contributed by atoms with Crippen LogP contribution in [0.5, 0.6) is 0 Å². The zero-order valence-corrected chi connectivity index (χ0v) is 18.4. The van der Waals surface area contributed by atoms with Crippen LogP contribution in [0, 0.1) is 0 Å². The van der Waals surface area contributed by atoms with Gasteiger partial charge in [0.2, 0.25) is 9.84 Å². The first-order valence-electron chi connectivity index (χ1n) is 9.72. The van der Waals surface area contributed by atoms with Gasteiger partial charge in [0.05, 0.1) is 9.79 Å². The van der Waals surface area contributed by atoms with E-state index in [1.165, 1.54) is 43.3 Å². The van der Waals surface area contributed by atoms with Crippen molar-refractivity contribution in [1.82, 2.24) is 4.98 Å². The number of carbonyl (C=O) groups is 2. The molecule has 0 amide bonds.